The van der Waals surface area contributed by atoms with Crippen molar-refractivity contribution in [3.63, 3.8) is 0 Å². The molecule has 154 valence electrons. The molecule has 1 aromatic carbocycles. The first-order valence-corrected chi connectivity index (χ1v) is 9.52. The molecule has 0 atom stereocenters. The number of anilines is 1. The van der Waals surface area contributed by atoms with Crippen LogP contribution in [0.5, 0.6) is 0 Å². The average molecular weight is 418 g/mol. The summed E-state index contributed by atoms with van der Waals surface area (Å²) in [5.74, 6) is -1.11. The molecule has 4 aromatic heterocycles. The fraction of sp³-hybridized carbons (Fsp3) is 0.0909. The van der Waals surface area contributed by atoms with Gasteiger partial charge in [0, 0.05) is 11.3 Å². The fourth-order valence-electron chi connectivity index (χ4n) is 3.50. The summed E-state index contributed by atoms with van der Waals surface area (Å²) in [6, 6.07) is 12.5. The molecule has 4 heterocycles. The Balaban J connectivity index is 1.46. The number of hydrogen-bond donors (Lipinski definition) is 2. The van der Waals surface area contributed by atoms with E-state index >= 15 is 4.39 Å². The molecule has 0 fully saturated rings. The molecule has 0 unspecified atom stereocenters. The minimum Gasteiger partial charge on any atom is -0.308 e. The molecule has 5 rings (SSSR count). The Labute approximate surface area is 174 Å². The lowest BCUT2D eigenvalue weighted by Gasteiger charge is -2.05. The van der Waals surface area contributed by atoms with Crippen molar-refractivity contribution >= 4 is 28.3 Å². The SMILES string of the molecule is Cc1cccc2c(-c3nc4[nH]nc(NC(=O)Cc5ccc(F)cc5)c4cc3F)cnn12. The molecule has 1 amide bonds. The van der Waals surface area contributed by atoms with Gasteiger partial charge in [-0.15, -0.1) is 0 Å². The third-order valence-corrected chi connectivity index (χ3v) is 5.03. The van der Waals surface area contributed by atoms with E-state index in [1.54, 1.807) is 10.7 Å². The smallest absolute Gasteiger partial charge is 0.230 e. The number of amides is 1. The van der Waals surface area contributed by atoms with Gasteiger partial charge in [-0.05, 0) is 42.8 Å². The molecule has 0 bridgehead atoms. The quantitative estimate of drug-likeness (QED) is 0.461. The normalized spacial score (nSPS) is 11.3. The maximum Gasteiger partial charge on any atom is 0.230 e. The number of rotatable bonds is 4. The highest BCUT2D eigenvalue weighted by Gasteiger charge is 2.18. The number of carbonyl (C=O) groups excluding carboxylic acids is 1. The summed E-state index contributed by atoms with van der Waals surface area (Å²) in [5, 5.41) is 14.1. The van der Waals surface area contributed by atoms with Gasteiger partial charge in [0.1, 0.15) is 11.5 Å². The predicted octanol–water partition coefficient (Wildman–Crippen LogP) is 4.04. The van der Waals surface area contributed by atoms with E-state index < -0.39 is 5.82 Å². The first-order valence-electron chi connectivity index (χ1n) is 9.52. The van der Waals surface area contributed by atoms with Crippen LogP contribution in [0, 0.1) is 18.6 Å². The van der Waals surface area contributed by atoms with Crippen molar-refractivity contribution in [3.05, 3.63) is 77.6 Å². The molecule has 0 aliphatic rings. The molecule has 31 heavy (non-hydrogen) atoms. The van der Waals surface area contributed by atoms with Crippen molar-refractivity contribution < 1.29 is 13.6 Å². The van der Waals surface area contributed by atoms with E-state index in [0.29, 0.717) is 22.2 Å². The van der Waals surface area contributed by atoms with Crippen molar-refractivity contribution in [3.8, 4) is 11.3 Å². The number of hydrogen-bond acceptors (Lipinski definition) is 4. The zero-order valence-corrected chi connectivity index (χ0v) is 16.4. The van der Waals surface area contributed by atoms with Gasteiger partial charge < -0.3 is 5.32 Å². The van der Waals surface area contributed by atoms with Crippen molar-refractivity contribution in [2.75, 3.05) is 5.32 Å². The molecule has 5 aromatic rings. The Morgan fingerprint density at radius 2 is 1.97 bits per heavy atom. The Hall–Kier alpha value is -4.14. The second kappa shape index (κ2) is 7.28. The maximum atomic E-state index is 15.0. The Morgan fingerprint density at radius 3 is 2.77 bits per heavy atom. The highest BCUT2D eigenvalue weighted by molar-refractivity contribution is 6.00. The van der Waals surface area contributed by atoms with Crippen LogP contribution in [0.2, 0.25) is 0 Å². The van der Waals surface area contributed by atoms with E-state index in [9.17, 15) is 9.18 Å². The lowest BCUT2D eigenvalue weighted by molar-refractivity contribution is -0.115. The second-order valence-electron chi connectivity index (χ2n) is 7.16. The number of aromatic amines is 1. The second-order valence-corrected chi connectivity index (χ2v) is 7.16. The lowest BCUT2D eigenvalue weighted by atomic mass is 10.1. The van der Waals surface area contributed by atoms with Crippen LogP contribution in [0.1, 0.15) is 11.3 Å². The molecule has 0 radical (unpaired) electrons. The van der Waals surface area contributed by atoms with E-state index in [4.69, 9.17) is 0 Å². The van der Waals surface area contributed by atoms with Gasteiger partial charge in [-0.2, -0.15) is 10.2 Å². The minimum absolute atomic E-state index is 0.0321. The van der Waals surface area contributed by atoms with Crippen molar-refractivity contribution in [1.82, 2.24) is 24.8 Å². The summed E-state index contributed by atoms with van der Waals surface area (Å²) in [4.78, 5) is 16.7. The van der Waals surface area contributed by atoms with Crippen LogP contribution in [0.15, 0.2) is 54.7 Å². The van der Waals surface area contributed by atoms with Gasteiger partial charge in [0.05, 0.1) is 23.5 Å². The highest BCUT2D eigenvalue weighted by atomic mass is 19.1. The topological polar surface area (TPSA) is 88.0 Å². The zero-order chi connectivity index (χ0) is 21.5. The largest absolute Gasteiger partial charge is 0.308 e. The summed E-state index contributed by atoms with van der Waals surface area (Å²) in [6.45, 7) is 1.91. The van der Waals surface area contributed by atoms with Gasteiger partial charge in [-0.1, -0.05) is 18.2 Å². The van der Waals surface area contributed by atoms with E-state index in [-0.39, 0.29) is 29.7 Å². The molecule has 9 heteroatoms. The minimum atomic E-state index is -0.556. The number of nitrogens with zero attached hydrogens (tertiary/aromatic N) is 4. The van der Waals surface area contributed by atoms with Gasteiger partial charge >= 0.3 is 0 Å². The van der Waals surface area contributed by atoms with E-state index in [2.05, 4.69) is 25.6 Å². The molecule has 0 saturated carbocycles. The molecule has 2 N–H and O–H groups in total. The summed E-state index contributed by atoms with van der Waals surface area (Å²) in [7, 11) is 0. The van der Waals surface area contributed by atoms with Gasteiger partial charge in [0.25, 0.3) is 0 Å². The summed E-state index contributed by atoms with van der Waals surface area (Å²) < 4.78 is 29.7. The molecule has 0 aliphatic carbocycles. The number of halogens is 2. The molecule has 0 spiro atoms. The lowest BCUT2D eigenvalue weighted by Crippen LogP contribution is -2.14. The van der Waals surface area contributed by atoms with Crippen LogP contribution in [-0.4, -0.2) is 30.7 Å². The zero-order valence-electron chi connectivity index (χ0n) is 16.4. The van der Waals surface area contributed by atoms with Gasteiger partial charge in [0.2, 0.25) is 5.91 Å². The number of pyridine rings is 2. The molecule has 0 saturated heterocycles. The molecule has 0 aliphatic heterocycles. The van der Waals surface area contributed by atoms with Crippen molar-refractivity contribution in [2.24, 2.45) is 0 Å². The number of benzene rings is 1. The van der Waals surface area contributed by atoms with Crippen LogP contribution in [0.3, 0.4) is 0 Å². The highest BCUT2D eigenvalue weighted by Crippen LogP contribution is 2.30. The molecule has 7 nitrogen and oxygen atoms in total. The van der Waals surface area contributed by atoms with Crippen LogP contribution in [0.25, 0.3) is 27.8 Å². The number of aromatic nitrogens is 5. The van der Waals surface area contributed by atoms with Crippen LogP contribution >= 0.6 is 0 Å². The maximum absolute atomic E-state index is 15.0. The third-order valence-electron chi connectivity index (χ3n) is 5.03. The van der Waals surface area contributed by atoms with Crippen LogP contribution in [0.4, 0.5) is 14.6 Å². The summed E-state index contributed by atoms with van der Waals surface area (Å²) >= 11 is 0. The van der Waals surface area contributed by atoms with Crippen molar-refractivity contribution in [1.29, 1.82) is 0 Å². The average Bonchev–Trinajstić information content (AvgIpc) is 3.34. The first-order chi connectivity index (χ1) is 15.0. The van der Waals surface area contributed by atoms with Gasteiger partial charge in [-0.25, -0.2) is 18.3 Å². The Morgan fingerprint density at radius 1 is 1.16 bits per heavy atom. The predicted molar refractivity (Wildman–Crippen MR) is 112 cm³/mol. The van der Waals surface area contributed by atoms with Crippen LogP contribution < -0.4 is 5.32 Å². The van der Waals surface area contributed by atoms with E-state index in [1.165, 1.54) is 30.3 Å². The number of aryl methyl sites for hydroxylation is 1. The fourth-order valence-corrected chi connectivity index (χ4v) is 3.50. The first kappa shape index (κ1) is 18.9. The Bertz CT molecular complexity index is 1440. The number of carbonyl (C=O) groups is 1. The number of fused-ring (bicyclic) bond motifs is 2. The Kier molecular flexibility index (Phi) is 4.43. The van der Waals surface area contributed by atoms with Crippen molar-refractivity contribution in [2.45, 2.75) is 13.3 Å². The molecular formula is C22H16F2N6O. The van der Waals surface area contributed by atoms with Gasteiger partial charge in [-0.3, -0.25) is 9.89 Å². The monoisotopic (exact) mass is 418 g/mol. The van der Waals surface area contributed by atoms with Crippen LogP contribution in [-0.2, 0) is 11.2 Å². The van der Waals surface area contributed by atoms with Gasteiger partial charge in [0.15, 0.2) is 17.3 Å². The molecular weight excluding hydrogens is 402 g/mol. The van der Waals surface area contributed by atoms with E-state index in [0.717, 1.165) is 11.2 Å². The number of nitrogens with one attached hydrogen (secondary N) is 2. The standard InChI is InChI=1S/C22H16F2N6O/c1-12-3-2-4-18-16(11-25-30(12)18)20-17(24)10-15-21(28-29-22(15)27-20)26-19(31)9-13-5-7-14(23)8-6-13/h2-8,10-11H,9H2,1H3,(H2,26,27,28,29,31). The summed E-state index contributed by atoms with van der Waals surface area (Å²) in [6.07, 6.45) is 1.60. The third kappa shape index (κ3) is 3.39. The number of H-pyrrole nitrogens is 1. The summed E-state index contributed by atoms with van der Waals surface area (Å²) in [5.41, 5.74) is 3.32. The van der Waals surface area contributed by atoms with E-state index in [1.807, 2.05) is 25.1 Å².